The van der Waals surface area contributed by atoms with Crippen LogP contribution in [0.5, 0.6) is 0 Å². The highest BCUT2D eigenvalue weighted by Gasteiger charge is 2.18. The molecule has 2 aromatic heterocycles. The second kappa shape index (κ2) is 7.22. The molecule has 0 spiro atoms. The lowest BCUT2D eigenvalue weighted by Gasteiger charge is -2.16. The number of nitrogens with zero attached hydrogens (tertiary/aromatic N) is 2. The zero-order valence-electron chi connectivity index (χ0n) is 11.9. The Kier molecular flexibility index (Phi) is 5.60. The van der Waals surface area contributed by atoms with Crippen LogP contribution in [0.2, 0.25) is 5.02 Å². The summed E-state index contributed by atoms with van der Waals surface area (Å²) in [6.07, 6.45) is 2.53. The molecule has 110 valence electrons. The van der Waals surface area contributed by atoms with Crippen molar-refractivity contribution in [2.75, 3.05) is 0 Å². The van der Waals surface area contributed by atoms with E-state index in [1.807, 2.05) is 4.68 Å². The van der Waals surface area contributed by atoms with Gasteiger partial charge in [-0.2, -0.15) is 16.4 Å². The molecule has 1 atom stereocenters. The van der Waals surface area contributed by atoms with E-state index in [2.05, 4.69) is 41.2 Å². The number of aryl methyl sites for hydroxylation is 2. The number of aromatic nitrogens is 2. The number of hydrazine groups is 1. The molecule has 0 amide bonds. The summed E-state index contributed by atoms with van der Waals surface area (Å²) < 4.78 is 1.99. The summed E-state index contributed by atoms with van der Waals surface area (Å²) >= 11 is 8.15. The molecule has 0 aliphatic carbocycles. The third kappa shape index (κ3) is 3.41. The van der Waals surface area contributed by atoms with Gasteiger partial charge in [-0.1, -0.05) is 18.5 Å². The van der Waals surface area contributed by atoms with Gasteiger partial charge in [0.15, 0.2) is 0 Å². The number of nitrogens with one attached hydrogen (secondary N) is 1. The Balaban J connectivity index is 2.16. The van der Waals surface area contributed by atoms with Crippen molar-refractivity contribution in [3.8, 4) is 0 Å². The number of thiophene rings is 1. The Morgan fingerprint density at radius 1 is 1.45 bits per heavy atom. The van der Waals surface area contributed by atoms with Crippen LogP contribution < -0.4 is 11.3 Å². The van der Waals surface area contributed by atoms with E-state index in [0.29, 0.717) is 0 Å². The Morgan fingerprint density at radius 2 is 2.25 bits per heavy atom. The minimum atomic E-state index is 0.161. The first-order valence-electron chi connectivity index (χ1n) is 6.90. The second-order valence-corrected chi connectivity index (χ2v) is 5.94. The smallest absolute Gasteiger partial charge is 0.0850 e. The summed E-state index contributed by atoms with van der Waals surface area (Å²) in [5.41, 5.74) is 6.24. The lowest BCUT2D eigenvalue weighted by atomic mass is 10.0. The first-order chi connectivity index (χ1) is 9.69. The fraction of sp³-hybridized carbons (Fsp3) is 0.500. The van der Waals surface area contributed by atoms with Crippen LogP contribution in [-0.2, 0) is 25.8 Å². The number of hydrogen-bond acceptors (Lipinski definition) is 4. The first-order valence-corrected chi connectivity index (χ1v) is 8.22. The molecule has 0 bridgehead atoms. The largest absolute Gasteiger partial charge is 0.271 e. The summed E-state index contributed by atoms with van der Waals surface area (Å²) in [5.74, 6) is 5.70. The van der Waals surface area contributed by atoms with Gasteiger partial charge in [0, 0.05) is 19.0 Å². The van der Waals surface area contributed by atoms with E-state index in [1.54, 1.807) is 11.3 Å². The van der Waals surface area contributed by atoms with Crippen molar-refractivity contribution in [1.29, 1.82) is 0 Å². The molecule has 2 heterocycles. The average Bonchev–Trinajstić information content (AvgIpc) is 3.07. The molecule has 1 unspecified atom stereocenters. The van der Waals surface area contributed by atoms with E-state index in [9.17, 15) is 0 Å². The number of halogens is 1. The van der Waals surface area contributed by atoms with E-state index in [-0.39, 0.29) is 6.04 Å². The Bertz CT molecular complexity index is 536. The summed E-state index contributed by atoms with van der Waals surface area (Å²) in [6, 6.07) is 2.29. The normalized spacial score (nSPS) is 12.8. The van der Waals surface area contributed by atoms with Crippen molar-refractivity contribution in [3.63, 3.8) is 0 Å². The van der Waals surface area contributed by atoms with Gasteiger partial charge in [-0.25, -0.2) is 0 Å². The summed E-state index contributed by atoms with van der Waals surface area (Å²) in [6.45, 7) is 4.98. The van der Waals surface area contributed by atoms with Crippen LogP contribution in [0.15, 0.2) is 16.8 Å². The Labute approximate surface area is 128 Å². The predicted molar refractivity (Wildman–Crippen MR) is 85.1 cm³/mol. The zero-order valence-corrected chi connectivity index (χ0v) is 13.5. The minimum absolute atomic E-state index is 0.161. The quantitative estimate of drug-likeness (QED) is 0.610. The molecule has 4 nitrogen and oxygen atoms in total. The summed E-state index contributed by atoms with van der Waals surface area (Å²) in [7, 11) is 0. The molecule has 0 saturated heterocycles. The van der Waals surface area contributed by atoms with Crippen molar-refractivity contribution >= 4 is 22.9 Å². The molecular formula is C14H21ClN4S. The van der Waals surface area contributed by atoms with Crippen LogP contribution in [0.3, 0.4) is 0 Å². The third-order valence-corrected chi connectivity index (χ3v) is 4.60. The SMILES string of the molecule is CCc1nn(CC)c(CC(Cc2ccsc2)NN)c1Cl. The summed E-state index contributed by atoms with van der Waals surface area (Å²) in [4.78, 5) is 0. The Morgan fingerprint density at radius 3 is 2.80 bits per heavy atom. The number of hydrogen-bond donors (Lipinski definition) is 2. The molecule has 0 aliphatic heterocycles. The van der Waals surface area contributed by atoms with Crippen molar-refractivity contribution in [2.24, 2.45) is 5.84 Å². The highest BCUT2D eigenvalue weighted by molar-refractivity contribution is 7.07. The fourth-order valence-corrected chi connectivity index (χ4v) is 3.36. The van der Waals surface area contributed by atoms with E-state index >= 15 is 0 Å². The van der Waals surface area contributed by atoms with Gasteiger partial charge in [0.1, 0.15) is 0 Å². The molecule has 0 fully saturated rings. The van der Waals surface area contributed by atoms with Crippen molar-refractivity contribution in [3.05, 3.63) is 38.8 Å². The van der Waals surface area contributed by atoms with E-state index < -0.39 is 0 Å². The van der Waals surface area contributed by atoms with Crippen molar-refractivity contribution < 1.29 is 0 Å². The topological polar surface area (TPSA) is 55.9 Å². The van der Waals surface area contributed by atoms with Crippen molar-refractivity contribution in [2.45, 2.75) is 45.7 Å². The molecule has 0 saturated carbocycles. The van der Waals surface area contributed by atoms with Gasteiger partial charge in [0.05, 0.1) is 16.4 Å². The zero-order chi connectivity index (χ0) is 14.5. The van der Waals surface area contributed by atoms with Crippen molar-refractivity contribution in [1.82, 2.24) is 15.2 Å². The number of nitrogens with two attached hydrogens (primary N) is 1. The predicted octanol–water partition coefficient (Wildman–Crippen LogP) is 2.80. The third-order valence-electron chi connectivity index (χ3n) is 3.43. The highest BCUT2D eigenvalue weighted by atomic mass is 35.5. The van der Waals surface area contributed by atoms with Crippen LogP contribution in [-0.4, -0.2) is 15.8 Å². The second-order valence-electron chi connectivity index (χ2n) is 4.78. The van der Waals surface area contributed by atoms with Gasteiger partial charge in [0.2, 0.25) is 0 Å². The molecule has 2 rings (SSSR count). The first kappa shape index (κ1) is 15.5. The van der Waals surface area contributed by atoms with Crippen LogP contribution >= 0.6 is 22.9 Å². The standard InChI is InChI=1S/C14H21ClN4S/c1-3-12-14(15)13(19(4-2)18-12)8-11(17-16)7-10-5-6-20-9-10/h5-6,9,11,17H,3-4,7-8,16H2,1-2H3. The monoisotopic (exact) mass is 312 g/mol. The van der Waals surface area contributed by atoms with E-state index in [0.717, 1.165) is 42.2 Å². The maximum absolute atomic E-state index is 6.44. The van der Waals surface area contributed by atoms with E-state index in [4.69, 9.17) is 17.4 Å². The van der Waals surface area contributed by atoms with Gasteiger partial charge >= 0.3 is 0 Å². The van der Waals surface area contributed by atoms with Gasteiger partial charge in [-0.3, -0.25) is 16.0 Å². The molecule has 20 heavy (non-hydrogen) atoms. The molecular weight excluding hydrogens is 292 g/mol. The van der Waals surface area contributed by atoms with E-state index in [1.165, 1.54) is 5.56 Å². The average molecular weight is 313 g/mol. The molecule has 0 aliphatic rings. The van der Waals surface area contributed by atoms with Crippen LogP contribution in [0.25, 0.3) is 0 Å². The molecule has 0 radical (unpaired) electrons. The fourth-order valence-electron chi connectivity index (χ4n) is 2.33. The minimum Gasteiger partial charge on any atom is -0.271 e. The Hall–Kier alpha value is -0.880. The highest BCUT2D eigenvalue weighted by Crippen LogP contribution is 2.23. The van der Waals surface area contributed by atoms with Gasteiger partial charge in [0.25, 0.3) is 0 Å². The van der Waals surface area contributed by atoms with Crippen LogP contribution in [0, 0.1) is 0 Å². The lowest BCUT2D eigenvalue weighted by molar-refractivity contribution is 0.496. The molecule has 2 aromatic rings. The van der Waals surface area contributed by atoms with Gasteiger partial charge in [-0.15, -0.1) is 0 Å². The van der Waals surface area contributed by atoms with Crippen LogP contribution in [0.1, 0.15) is 30.8 Å². The maximum atomic E-state index is 6.44. The summed E-state index contributed by atoms with van der Waals surface area (Å²) in [5, 5.41) is 9.58. The lowest BCUT2D eigenvalue weighted by Crippen LogP contribution is -2.39. The molecule has 3 N–H and O–H groups in total. The molecule has 6 heteroatoms. The number of rotatable bonds is 7. The van der Waals surface area contributed by atoms with Gasteiger partial charge in [-0.05, 0) is 42.2 Å². The van der Waals surface area contributed by atoms with Crippen LogP contribution in [0.4, 0.5) is 0 Å². The van der Waals surface area contributed by atoms with Gasteiger partial charge < -0.3 is 0 Å². The molecule has 0 aromatic carbocycles. The maximum Gasteiger partial charge on any atom is 0.0850 e.